The summed E-state index contributed by atoms with van der Waals surface area (Å²) >= 11 is 0. The maximum atomic E-state index is 12.8. The Hall–Kier alpha value is -1.51. The molecule has 2 aliphatic heterocycles. The van der Waals surface area contributed by atoms with Crippen molar-refractivity contribution in [3.63, 3.8) is 0 Å². The lowest BCUT2D eigenvalue weighted by atomic mass is 9.96. The highest BCUT2D eigenvalue weighted by molar-refractivity contribution is 7.89. The van der Waals surface area contributed by atoms with Crippen molar-refractivity contribution in [3.8, 4) is 0 Å². The molecule has 0 unspecified atom stereocenters. The molecule has 2 aliphatic rings. The van der Waals surface area contributed by atoms with Gasteiger partial charge in [0.15, 0.2) is 0 Å². The first-order valence-electron chi connectivity index (χ1n) is 9.37. The number of hydrogen-bond acceptors (Lipinski definition) is 5. The Morgan fingerprint density at radius 1 is 1.15 bits per heavy atom. The fraction of sp³-hybridized carbons (Fsp3) is 0.667. The van der Waals surface area contributed by atoms with Gasteiger partial charge in [-0.1, -0.05) is 6.07 Å². The van der Waals surface area contributed by atoms with E-state index in [1.54, 1.807) is 13.1 Å². The quantitative estimate of drug-likeness (QED) is 0.755. The topological polar surface area (TPSA) is 73.8 Å². The highest BCUT2D eigenvalue weighted by Crippen LogP contribution is 2.22. The Labute approximate surface area is 156 Å². The molecule has 0 aromatic carbocycles. The van der Waals surface area contributed by atoms with Crippen LogP contribution in [-0.4, -0.2) is 78.4 Å². The van der Waals surface area contributed by atoms with Crippen LogP contribution >= 0.6 is 0 Å². The lowest BCUT2D eigenvalue weighted by Crippen LogP contribution is -2.51. The number of amides is 1. The number of aromatic nitrogens is 1. The minimum atomic E-state index is -3.14. The van der Waals surface area contributed by atoms with Gasteiger partial charge in [0.1, 0.15) is 0 Å². The molecule has 2 saturated heterocycles. The summed E-state index contributed by atoms with van der Waals surface area (Å²) in [4.78, 5) is 21.2. The first kappa shape index (κ1) is 19.3. The molecule has 0 bridgehead atoms. The van der Waals surface area contributed by atoms with Crippen LogP contribution in [-0.2, 0) is 21.4 Å². The van der Waals surface area contributed by atoms with Gasteiger partial charge in [-0.3, -0.25) is 14.7 Å². The van der Waals surface area contributed by atoms with Crippen molar-refractivity contribution in [1.29, 1.82) is 0 Å². The molecule has 2 fully saturated rings. The second-order valence-electron chi connectivity index (χ2n) is 7.04. The summed E-state index contributed by atoms with van der Waals surface area (Å²) in [6.07, 6.45) is 4.93. The van der Waals surface area contributed by atoms with Crippen molar-refractivity contribution in [2.75, 3.05) is 45.0 Å². The van der Waals surface area contributed by atoms with Crippen LogP contribution in [0.15, 0.2) is 24.5 Å². The summed E-state index contributed by atoms with van der Waals surface area (Å²) in [6.45, 7) is 6.67. The predicted molar refractivity (Wildman–Crippen MR) is 99.9 cm³/mol. The van der Waals surface area contributed by atoms with E-state index in [9.17, 15) is 13.2 Å². The average Bonchev–Trinajstić information content (AvgIpc) is 2.69. The van der Waals surface area contributed by atoms with E-state index in [1.165, 1.54) is 9.87 Å². The van der Waals surface area contributed by atoms with E-state index in [2.05, 4.69) is 16.0 Å². The van der Waals surface area contributed by atoms with Crippen molar-refractivity contribution in [2.24, 2.45) is 5.92 Å². The number of rotatable bonds is 5. The van der Waals surface area contributed by atoms with E-state index in [0.717, 1.165) is 32.7 Å². The molecule has 26 heavy (non-hydrogen) atoms. The van der Waals surface area contributed by atoms with Gasteiger partial charge in [0, 0.05) is 64.1 Å². The lowest BCUT2D eigenvalue weighted by Gasteiger charge is -2.38. The second-order valence-corrected chi connectivity index (χ2v) is 9.29. The maximum absolute atomic E-state index is 12.8. The van der Waals surface area contributed by atoms with Gasteiger partial charge in [0.25, 0.3) is 0 Å². The lowest BCUT2D eigenvalue weighted by molar-refractivity contribution is -0.138. The summed E-state index contributed by atoms with van der Waals surface area (Å²) in [7, 11) is -3.14. The van der Waals surface area contributed by atoms with E-state index in [0.29, 0.717) is 25.9 Å². The van der Waals surface area contributed by atoms with E-state index in [4.69, 9.17) is 0 Å². The molecule has 3 heterocycles. The molecular formula is C18H28N4O3S. The van der Waals surface area contributed by atoms with Crippen LogP contribution in [0.25, 0.3) is 0 Å². The molecule has 0 atom stereocenters. The first-order chi connectivity index (χ1) is 12.5. The zero-order valence-corrected chi connectivity index (χ0v) is 16.2. The second kappa shape index (κ2) is 8.45. The highest BCUT2D eigenvalue weighted by Gasteiger charge is 2.33. The fourth-order valence-electron chi connectivity index (χ4n) is 3.70. The number of sulfonamides is 1. The number of piperazine rings is 1. The third kappa shape index (κ3) is 4.61. The van der Waals surface area contributed by atoms with Gasteiger partial charge in [-0.2, -0.15) is 0 Å². The Kier molecular flexibility index (Phi) is 6.26. The van der Waals surface area contributed by atoms with Gasteiger partial charge in [-0.05, 0) is 31.4 Å². The molecular weight excluding hydrogens is 352 g/mol. The number of carbonyl (C=O) groups excluding carboxylic acids is 1. The third-order valence-electron chi connectivity index (χ3n) is 5.37. The van der Waals surface area contributed by atoms with Crippen molar-refractivity contribution >= 4 is 15.9 Å². The summed E-state index contributed by atoms with van der Waals surface area (Å²) in [5.41, 5.74) is 1.19. The van der Waals surface area contributed by atoms with Crippen LogP contribution in [0.5, 0.6) is 0 Å². The standard InChI is InChI=1S/C18H28N4O3S/c1-2-26(24,25)22-8-5-17(6-9-22)18(23)21-12-10-20(11-13-21)15-16-4-3-7-19-14-16/h3-4,7,14,17H,2,5-6,8-13,15H2,1H3. The van der Waals surface area contributed by atoms with Crippen LogP contribution in [0.2, 0.25) is 0 Å². The van der Waals surface area contributed by atoms with Gasteiger partial charge in [-0.15, -0.1) is 0 Å². The SMILES string of the molecule is CCS(=O)(=O)N1CCC(C(=O)N2CCN(Cc3cccnc3)CC2)CC1. The Morgan fingerprint density at radius 3 is 2.42 bits per heavy atom. The molecule has 7 nitrogen and oxygen atoms in total. The number of pyridine rings is 1. The molecule has 8 heteroatoms. The highest BCUT2D eigenvalue weighted by atomic mass is 32.2. The monoisotopic (exact) mass is 380 g/mol. The molecule has 1 amide bonds. The molecule has 0 N–H and O–H groups in total. The molecule has 0 radical (unpaired) electrons. The van der Waals surface area contributed by atoms with Crippen LogP contribution in [0.4, 0.5) is 0 Å². The maximum Gasteiger partial charge on any atom is 0.225 e. The first-order valence-corrected chi connectivity index (χ1v) is 11.0. The summed E-state index contributed by atoms with van der Waals surface area (Å²) in [5, 5.41) is 0. The Morgan fingerprint density at radius 2 is 1.85 bits per heavy atom. The molecule has 1 aromatic heterocycles. The number of carbonyl (C=O) groups is 1. The Balaban J connectivity index is 1.46. The van der Waals surface area contributed by atoms with E-state index in [1.807, 2.05) is 17.2 Å². The van der Waals surface area contributed by atoms with E-state index >= 15 is 0 Å². The number of hydrogen-bond donors (Lipinski definition) is 0. The van der Waals surface area contributed by atoms with Crippen LogP contribution in [0.1, 0.15) is 25.3 Å². The van der Waals surface area contributed by atoms with Crippen molar-refractivity contribution in [2.45, 2.75) is 26.3 Å². The van der Waals surface area contributed by atoms with Crippen molar-refractivity contribution in [1.82, 2.24) is 19.1 Å². The van der Waals surface area contributed by atoms with Crippen LogP contribution in [0, 0.1) is 5.92 Å². The van der Waals surface area contributed by atoms with Crippen molar-refractivity contribution in [3.05, 3.63) is 30.1 Å². The third-order valence-corrected chi connectivity index (χ3v) is 7.26. The average molecular weight is 381 g/mol. The fourth-order valence-corrected chi connectivity index (χ4v) is 4.83. The summed E-state index contributed by atoms with van der Waals surface area (Å²) < 4.78 is 25.4. The molecule has 0 spiro atoms. The van der Waals surface area contributed by atoms with Crippen molar-refractivity contribution < 1.29 is 13.2 Å². The molecule has 1 aromatic rings. The zero-order valence-electron chi connectivity index (χ0n) is 15.4. The molecule has 0 aliphatic carbocycles. The van der Waals surface area contributed by atoms with Crippen LogP contribution in [0.3, 0.4) is 0 Å². The predicted octanol–water partition coefficient (Wildman–Crippen LogP) is 0.788. The molecule has 144 valence electrons. The van der Waals surface area contributed by atoms with Gasteiger partial charge < -0.3 is 4.90 Å². The summed E-state index contributed by atoms with van der Waals surface area (Å²) in [6, 6.07) is 4.02. The number of nitrogens with zero attached hydrogens (tertiary/aromatic N) is 4. The normalized spacial score (nSPS) is 21.0. The smallest absolute Gasteiger partial charge is 0.225 e. The van der Waals surface area contributed by atoms with Gasteiger partial charge in [-0.25, -0.2) is 12.7 Å². The molecule has 3 rings (SSSR count). The minimum Gasteiger partial charge on any atom is -0.340 e. The Bertz CT molecular complexity index is 694. The summed E-state index contributed by atoms with van der Waals surface area (Å²) in [5.74, 6) is 0.285. The van der Waals surface area contributed by atoms with Gasteiger partial charge in [0.2, 0.25) is 15.9 Å². The molecule has 0 saturated carbocycles. The minimum absolute atomic E-state index is 0.0387. The number of piperidine rings is 1. The van der Waals surface area contributed by atoms with E-state index < -0.39 is 10.0 Å². The van der Waals surface area contributed by atoms with Crippen LogP contribution < -0.4 is 0 Å². The zero-order chi connectivity index (χ0) is 18.6. The van der Waals surface area contributed by atoms with E-state index in [-0.39, 0.29) is 17.6 Å². The largest absolute Gasteiger partial charge is 0.340 e. The van der Waals surface area contributed by atoms with Gasteiger partial charge in [0.05, 0.1) is 5.75 Å². The van der Waals surface area contributed by atoms with Gasteiger partial charge >= 0.3 is 0 Å².